The minimum atomic E-state index is -4.38. The molecule has 16 heavy (non-hydrogen) atoms. The zero-order valence-corrected chi connectivity index (χ0v) is 9.14. The Morgan fingerprint density at radius 2 is 1.81 bits per heavy atom. The van der Waals surface area contributed by atoms with Crippen LogP contribution in [0, 0.1) is 0 Å². The van der Waals surface area contributed by atoms with Gasteiger partial charge in [-0.3, -0.25) is 4.57 Å². The zero-order valence-electron chi connectivity index (χ0n) is 8.25. The van der Waals surface area contributed by atoms with Crippen LogP contribution in [-0.4, -0.2) is 73.5 Å². The third-order valence-electron chi connectivity index (χ3n) is 2.38. The van der Waals surface area contributed by atoms with Gasteiger partial charge in [-0.25, -0.2) is 0 Å². The molecule has 6 N–H and O–H groups in total. The Hall–Kier alpha value is -0.0500. The lowest BCUT2D eigenvalue weighted by Gasteiger charge is -2.18. The minimum Gasteiger partial charge on any atom is -0.394 e. The van der Waals surface area contributed by atoms with Crippen LogP contribution in [-0.2, 0) is 9.30 Å². The van der Waals surface area contributed by atoms with Crippen LogP contribution >= 0.6 is 7.60 Å². The van der Waals surface area contributed by atoms with E-state index in [1.807, 2.05) is 0 Å². The third-order valence-corrected chi connectivity index (χ3v) is 3.22. The molecule has 9 heteroatoms. The van der Waals surface area contributed by atoms with E-state index in [1.54, 1.807) is 0 Å². The van der Waals surface area contributed by atoms with E-state index in [0.29, 0.717) is 0 Å². The molecular weight excluding hydrogens is 243 g/mol. The van der Waals surface area contributed by atoms with Gasteiger partial charge in [0.05, 0.1) is 18.9 Å². The van der Waals surface area contributed by atoms with Crippen LogP contribution in [0.1, 0.15) is 0 Å². The van der Waals surface area contributed by atoms with Gasteiger partial charge in [-0.2, -0.15) is 0 Å². The molecule has 0 saturated carbocycles. The van der Waals surface area contributed by atoms with E-state index in [4.69, 9.17) is 19.6 Å². The number of aliphatic hydroxyl groups is 4. The molecule has 1 rings (SSSR count). The van der Waals surface area contributed by atoms with Gasteiger partial charge in [0.2, 0.25) is 0 Å². The van der Waals surface area contributed by atoms with Crippen molar-refractivity contribution < 1.29 is 39.5 Å². The molecule has 8 nitrogen and oxygen atoms in total. The fourth-order valence-electron chi connectivity index (χ4n) is 1.58. The fourth-order valence-corrected chi connectivity index (χ4v) is 2.36. The molecule has 0 radical (unpaired) electrons. The van der Waals surface area contributed by atoms with Gasteiger partial charge < -0.3 is 34.9 Å². The van der Waals surface area contributed by atoms with Crippen LogP contribution < -0.4 is 0 Å². The number of hydrogen-bond acceptors (Lipinski definition) is 6. The molecule has 1 saturated heterocycles. The first-order chi connectivity index (χ1) is 7.26. The van der Waals surface area contributed by atoms with Crippen LogP contribution in [0.15, 0.2) is 0 Å². The van der Waals surface area contributed by atoms with E-state index in [1.165, 1.54) is 0 Å². The molecule has 1 aliphatic rings. The Bertz CT molecular complexity index is 278. The highest BCUT2D eigenvalue weighted by Gasteiger charge is 2.47. The van der Waals surface area contributed by atoms with Crippen molar-refractivity contribution >= 4 is 7.60 Å². The van der Waals surface area contributed by atoms with E-state index < -0.39 is 50.9 Å². The molecule has 0 aromatic carbocycles. The lowest BCUT2D eigenvalue weighted by Crippen LogP contribution is -2.40. The summed E-state index contributed by atoms with van der Waals surface area (Å²) in [5.74, 6) is 0. The van der Waals surface area contributed by atoms with Crippen molar-refractivity contribution in [2.24, 2.45) is 0 Å². The Morgan fingerprint density at radius 1 is 1.25 bits per heavy atom. The first-order valence-corrected chi connectivity index (χ1v) is 6.41. The zero-order chi connectivity index (χ0) is 12.5. The van der Waals surface area contributed by atoms with E-state index in [0.717, 1.165) is 0 Å². The third kappa shape index (κ3) is 3.22. The molecule has 1 fully saturated rings. The molecule has 1 heterocycles. The van der Waals surface area contributed by atoms with Gasteiger partial charge in [0.1, 0.15) is 24.4 Å². The van der Waals surface area contributed by atoms with Crippen molar-refractivity contribution in [1.82, 2.24) is 0 Å². The highest BCUT2D eigenvalue weighted by molar-refractivity contribution is 7.51. The van der Waals surface area contributed by atoms with Crippen LogP contribution in [0.3, 0.4) is 0 Å². The molecule has 0 aromatic heterocycles. The van der Waals surface area contributed by atoms with Gasteiger partial charge in [0.25, 0.3) is 0 Å². The van der Waals surface area contributed by atoms with Crippen LogP contribution in [0.25, 0.3) is 0 Å². The molecule has 1 aliphatic heterocycles. The van der Waals surface area contributed by atoms with Crippen LogP contribution in [0.5, 0.6) is 0 Å². The summed E-state index contributed by atoms with van der Waals surface area (Å²) in [4.78, 5) is 17.4. The van der Waals surface area contributed by atoms with Crippen LogP contribution in [0.4, 0.5) is 0 Å². The quantitative estimate of drug-likeness (QED) is 0.292. The Balaban J connectivity index is 2.68. The molecule has 0 bridgehead atoms. The average Bonchev–Trinajstić information content (AvgIpc) is 2.43. The summed E-state index contributed by atoms with van der Waals surface area (Å²) in [7, 11) is -4.38. The van der Waals surface area contributed by atoms with E-state index in [9.17, 15) is 19.9 Å². The lowest BCUT2D eigenvalue weighted by atomic mass is 10.1. The number of aliphatic hydroxyl groups excluding tert-OH is 4. The number of rotatable bonds is 4. The summed E-state index contributed by atoms with van der Waals surface area (Å²) in [5, 5.41) is 36.7. The number of ether oxygens (including phenoxy) is 1. The highest BCUT2D eigenvalue weighted by Crippen LogP contribution is 2.39. The second kappa shape index (κ2) is 5.07. The predicted molar refractivity (Wildman–Crippen MR) is 50.7 cm³/mol. The Kier molecular flexibility index (Phi) is 4.44. The first-order valence-electron chi connectivity index (χ1n) is 4.61. The van der Waals surface area contributed by atoms with Gasteiger partial charge in [-0.05, 0) is 0 Å². The van der Waals surface area contributed by atoms with E-state index in [-0.39, 0.29) is 0 Å². The van der Waals surface area contributed by atoms with Gasteiger partial charge >= 0.3 is 7.60 Å². The number of hydrogen-bond donors (Lipinski definition) is 6. The molecule has 0 aromatic rings. The first kappa shape index (κ1) is 14.0. The SMILES string of the molecule is O=P(O)(O)C[C@H]1O[C@@H]([C@H](O)CO)[C@H](O)[C@H]1O. The molecule has 0 amide bonds. The van der Waals surface area contributed by atoms with Gasteiger partial charge in [0.15, 0.2) is 0 Å². The van der Waals surface area contributed by atoms with Crippen LogP contribution in [0.2, 0.25) is 0 Å². The second-order valence-corrected chi connectivity index (χ2v) is 5.41. The average molecular weight is 258 g/mol. The summed E-state index contributed by atoms with van der Waals surface area (Å²) in [6.07, 6.45) is -7.66. The molecular formula is C7H15O8P. The highest BCUT2D eigenvalue weighted by atomic mass is 31.2. The Morgan fingerprint density at radius 3 is 2.25 bits per heavy atom. The summed E-state index contributed by atoms with van der Waals surface area (Å²) >= 11 is 0. The van der Waals surface area contributed by atoms with E-state index >= 15 is 0 Å². The molecule has 96 valence electrons. The van der Waals surface area contributed by atoms with Gasteiger partial charge in [0, 0.05) is 0 Å². The maximum Gasteiger partial charge on any atom is 0.328 e. The molecule has 0 spiro atoms. The van der Waals surface area contributed by atoms with Crippen molar-refractivity contribution in [1.29, 1.82) is 0 Å². The molecule has 0 aliphatic carbocycles. The fraction of sp³-hybridized carbons (Fsp3) is 1.00. The minimum absolute atomic E-state index is 0.683. The van der Waals surface area contributed by atoms with Crippen molar-refractivity contribution in [3.63, 3.8) is 0 Å². The topological polar surface area (TPSA) is 148 Å². The maximum absolute atomic E-state index is 10.7. The summed E-state index contributed by atoms with van der Waals surface area (Å²) in [6, 6.07) is 0. The lowest BCUT2D eigenvalue weighted by molar-refractivity contribution is -0.0785. The molecule has 5 atom stereocenters. The van der Waals surface area contributed by atoms with Crippen molar-refractivity contribution in [3.05, 3.63) is 0 Å². The second-order valence-electron chi connectivity index (χ2n) is 3.72. The smallest absolute Gasteiger partial charge is 0.328 e. The van der Waals surface area contributed by atoms with Crippen molar-refractivity contribution in [2.45, 2.75) is 30.5 Å². The van der Waals surface area contributed by atoms with Gasteiger partial charge in [-0.1, -0.05) is 0 Å². The summed E-state index contributed by atoms with van der Waals surface area (Å²) < 4.78 is 15.6. The standard InChI is InChI=1S/C7H15O8P/c8-1-3(9)7-6(11)5(10)4(15-7)2-16(12,13)14/h3-11H,1-2H2,(H2,12,13,14)/t3-,4-,5+,6-,7+/m1/s1. The normalized spacial score (nSPS) is 37.6. The largest absolute Gasteiger partial charge is 0.394 e. The molecule has 0 unspecified atom stereocenters. The summed E-state index contributed by atoms with van der Waals surface area (Å²) in [6.45, 7) is -0.683. The Labute approximate surface area is 91.3 Å². The van der Waals surface area contributed by atoms with Gasteiger partial charge in [-0.15, -0.1) is 0 Å². The monoisotopic (exact) mass is 258 g/mol. The predicted octanol–water partition coefficient (Wildman–Crippen LogP) is -2.99. The van der Waals surface area contributed by atoms with E-state index in [2.05, 4.69) is 0 Å². The van der Waals surface area contributed by atoms with Crippen molar-refractivity contribution in [3.8, 4) is 0 Å². The van der Waals surface area contributed by atoms with Crippen molar-refractivity contribution in [2.75, 3.05) is 12.8 Å². The maximum atomic E-state index is 10.7. The summed E-state index contributed by atoms with van der Waals surface area (Å²) in [5.41, 5.74) is 0.